The third-order valence-electron chi connectivity index (χ3n) is 3.51. The van der Waals surface area contributed by atoms with Gasteiger partial charge in [-0.15, -0.1) is 0 Å². The van der Waals surface area contributed by atoms with Crippen molar-refractivity contribution in [2.24, 2.45) is 0 Å². The van der Waals surface area contributed by atoms with E-state index in [0.717, 1.165) is 21.4 Å². The molecule has 1 heterocycles. The number of aromatic nitrogens is 2. The second-order valence-corrected chi connectivity index (χ2v) is 6.07. The zero-order chi connectivity index (χ0) is 17.6. The molecule has 25 heavy (non-hydrogen) atoms. The first-order chi connectivity index (χ1) is 12.1. The highest BCUT2D eigenvalue weighted by molar-refractivity contribution is 6.41. The van der Waals surface area contributed by atoms with Crippen molar-refractivity contribution in [3.8, 4) is 0 Å². The largest absolute Gasteiger partial charge is 0.291 e. The second-order valence-electron chi connectivity index (χ2n) is 5.28. The summed E-state index contributed by atoms with van der Waals surface area (Å²) in [5.41, 5.74) is 2.73. The minimum atomic E-state index is -0.451. The van der Waals surface area contributed by atoms with Gasteiger partial charge in [0, 0.05) is 6.20 Å². The van der Waals surface area contributed by atoms with Crippen molar-refractivity contribution in [1.82, 2.24) is 9.78 Å². The second kappa shape index (κ2) is 7.97. The maximum atomic E-state index is 11.9. The predicted molar refractivity (Wildman–Crippen MR) is 106 cm³/mol. The molecule has 2 aromatic carbocycles. The highest BCUT2D eigenvalue weighted by Crippen LogP contribution is 2.15. The molecule has 0 amide bonds. The SMILES string of the molecule is O=c1c(Cl)c(Cl)cnn1/C=C/c1ccc(/C=C/c2ccccc2)cc1. The van der Waals surface area contributed by atoms with Gasteiger partial charge in [-0.2, -0.15) is 5.10 Å². The Balaban J connectivity index is 1.74. The Labute approximate surface area is 155 Å². The summed E-state index contributed by atoms with van der Waals surface area (Å²) in [5.74, 6) is 0. The van der Waals surface area contributed by atoms with Crippen LogP contribution in [0.1, 0.15) is 16.7 Å². The summed E-state index contributed by atoms with van der Waals surface area (Å²) in [6.07, 6.45) is 8.79. The van der Waals surface area contributed by atoms with Crippen LogP contribution in [0.15, 0.2) is 65.6 Å². The van der Waals surface area contributed by atoms with Crippen molar-refractivity contribution in [3.05, 3.63) is 97.9 Å². The van der Waals surface area contributed by atoms with Crippen molar-refractivity contribution in [2.45, 2.75) is 0 Å². The fourth-order valence-electron chi connectivity index (χ4n) is 2.16. The van der Waals surface area contributed by atoms with Crippen LogP contribution in [0.4, 0.5) is 0 Å². The van der Waals surface area contributed by atoms with Crippen molar-refractivity contribution < 1.29 is 0 Å². The highest BCUT2D eigenvalue weighted by atomic mass is 35.5. The van der Waals surface area contributed by atoms with E-state index in [0.29, 0.717) is 0 Å². The van der Waals surface area contributed by atoms with Gasteiger partial charge in [0.2, 0.25) is 0 Å². The lowest BCUT2D eigenvalue weighted by molar-refractivity contribution is 0.855. The van der Waals surface area contributed by atoms with Crippen LogP contribution in [0.2, 0.25) is 10.0 Å². The summed E-state index contributed by atoms with van der Waals surface area (Å²) in [6.45, 7) is 0. The number of rotatable bonds is 4. The summed E-state index contributed by atoms with van der Waals surface area (Å²) in [5, 5.41) is 4.03. The molecule has 0 atom stereocenters. The van der Waals surface area contributed by atoms with E-state index >= 15 is 0 Å². The molecule has 0 aliphatic rings. The van der Waals surface area contributed by atoms with E-state index < -0.39 is 5.56 Å². The van der Waals surface area contributed by atoms with Crippen LogP contribution < -0.4 is 5.56 Å². The van der Waals surface area contributed by atoms with E-state index in [1.807, 2.05) is 48.5 Å². The van der Waals surface area contributed by atoms with E-state index in [1.54, 1.807) is 12.3 Å². The smallest absolute Gasteiger partial charge is 0.266 e. The lowest BCUT2D eigenvalue weighted by Crippen LogP contribution is -2.18. The number of benzene rings is 2. The molecule has 3 nitrogen and oxygen atoms in total. The summed E-state index contributed by atoms with van der Waals surface area (Å²) in [4.78, 5) is 11.9. The van der Waals surface area contributed by atoms with Gasteiger partial charge in [-0.3, -0.25) is 4.79 Å². The molecule has 0 bridgehead atoms. The molecule has 0 fully saturated rings. The zero-order valence-corrected chi connectivity index (χ0v) is 14.7. The molecule has 0 unspecified atom stereocenters. The molecule has 124 valence electrons. The summed E-state index contributed by atoms with van der Waals surface area (Å²) < 4.78 is 1.15. The topological polar surface area (TPSA) is 34.9 Å². The third kappa shape index (κ3) is 4.47. The molecule has 3 rings (SSSR count). The minimum absolute atomic E-state index is 0.0392. The van der Waals surface area contributed by atoms with Gasteiger partial charge in [-0.1, -0.05) is 90.0 Å². The summed E-state index contributed by atoms with van der Waals surface area (Å²) in [7, 11) is 0. The van der Waals surface area contributed by atoms with Gasteiger partial charge in [-0.05, 0) is 22.8 Å². The third-order valence-corrected chi connectivity index (χ3v) is 4.26. The quantitative estimate of drug-likeness (QED) is 0.581. The van der Waals surface area contributed by atoms with Gasteiger partial charge < -0.3 is 0 Å². The number of hydrogen-bond acceptors (Lipinski definition) is 2. The monoisotopic (exact) mass is 368 g/mol. The van der Waals surface area contributed by atoms with Crippen molar-refractivity contribution >= 4 is 47.6 Å². The Morgan fingerprint density at radius 3 is 2.00 bits per heavy atom. The normalized spacial score (nSPS) is 11.4. The highest BCUT2D eigenvalue weighted by Gasteiger charge is 2.04. The molecular weight excluding hydrogens is 355 g/mol. The van der Waals surface area contributed by atoms with Gasteiger partial charge in [0.15, 0.2) is 0 Å². The maximum absolute atomic E-state index is 11.9. The summed E-state index contributed by atoms with van der Waals surface area (Å²) >= 11 is 11.6. The Hall–Kier alpha value is -2.62. The fourth-order valence-corrected chi connectivity index (χ4v) is 2.42. The van der Waals surface area contributed by atoms with E-state index in [9.17, 15) is 4.79 Å². The molecule has 0 N–H and O–H groups in total. The first kappa shape index (κ1) is 17.2. The maximum Gasteiger partial charge on any atom is 0.291 e. The van der Waals surface area contributed by atoms with Crippen molar-refractivity contribution in [2.75, 3.05) is 0 Å². The molecule has 0 aliphatic carbocycles. The van der Waals surface area contributed by atoms with Crippen LogP contribution in [0.3, 0.4) is 0 Å². The van der Waals surface area contributed by atoms with Crippen LogP contribution in [0.25, 0.3) is 24.4 Å². The molecule has 0 aliphatic heterocycles. The van der Waals surface area contributed by atoms with Crippen LogP contribution >= 0.6 is 23.2 Å². The van der Waals surface area contributed by atoms with Crippen LogP contribution in [-0.4, -0.2) is 9.78 Å². The fraction of sp³-hybridized carbons (Fsp3) is 0. The van der Waals surface area contributed by atoms with E-state index in [-0.39, 0.29) is 10.0 Å². The number of hydrogen-bond donors (Lipinski definition) is 0. The molecule has 0 saturated heterocycles. The van der Waals surface area contributed by atoms with Gasteiger partial charge >= 0.3 is 0 Å². The van der Waals surface area contributed by atoms with E-state index in [1.165, 1.54) is 6.20 Å². The Morgan fingerprint density at radius 1 is 0.800 bits per heavy atom. The number of nitrogens with zero attached hydrogens (tertiary/aromatic N) is 2. The minimum Gasteiger partial charge on any atom is -0.266 e. The first-order valence-electron chi connectivity index (χ1n) is 7.58. The van der Waals surface area contributed by atoms with Crippen LogP contribution in [0.5, 0.6) is 0 Å². The average Bonchev–Trinajstić information content (AvgIpc) is 2.66. The van der Waals surface area contributed by atoms with Crippen molar-refractivity contribution in [3.63, 3.8) is 0 Å². The van der Waals surface area contributed by atoms with Crippen LogP contribution in [-0.2, 0) is 0 Å². The molecule has 1 aromatic heterocycles. The van der Waals surface area contributed by atoms with Gasteiger partial charge in [0.1, 0.15) is 5.02 Å². The molecule has 0 spiro atoms. The Morgan fingerprint density at radius 2 is 1.36 bits per heavy atom. The lowest BCUT2D eigenvalue weighted by atomic mass is 10.1. The lowest BCUT2D eigenvalue weighted by Gasteiger charge is -2.00. The van der Waals surface area contributed by atoms with Gasteiger partial charge in [0.05, 0.1) is 11.2 Å². The molecular formula is C20H14Cl2N2O. The molecule has 0 radical (unpaired) electrons. The van der Waals surface area contributed by atoms with Crippen molar-refractivity contribution in [1.29, 1.82) is 0 Å². The van der Waals surface area contributed by atoms with E-state index in [2.05, 4.69) is 23.3 Å². The first-order valence-corrected chi connectivity index (χ1v) is 8.33. The average molecular weight is 369 g/mol. The summed E-state index contributed by atoms with van der Waals surface area (Å²) in [6, 6.07) is 18.0. The molecule has 5 heteroatoms. The standard InChI is InChI=1S/C20H14Cl2N2O/c21-18-14-23-24(20(25)19(18)22)13-12-17-10-8-16(9-11-17)7-6-15-4-2-1-3-5-15/h1-14H/b7-6+,13-12+. The van der Waals surface area contributed by atoms with Crippen LogP contribution in [0, 0.1) is 0 Å². The Bertz CT molecular complexity index is 975. The molecule has 3 aromatic rings. The number of halogens is 2. The zero-order valence-electron chi connectivity index (χ0n) is 13.1. The van der Waals surface area contributed by atoms with Gasteiger partial charge in [-0.25, -0.2) is 4.68 Å². The predicted octanol–water partition coefficient (Wildman–Crippen LogP) is 5.35. The van der Waals surface area contributed by atoms with E-state index in [4.69, 9.17) is 23.2 Å². The van der Waals surface area contributed by atoms with Gasteiger partial charge in [0.25, 0.3) is 5.56 Å². The Kier molecular flexibility index (Phi) is 5.49. The molecule has 0 saturated carbocycles.